The lowest BCUT2D eigenvalue weighted by Crippen LogP contribution is -2.49. The fraction of sp³-hybridized carbons (Fsp3) is 0.600. The van der Waals surface area contributed by atoms with Crippen molar-refractivity contribution in [2.24, 2.45) is 5.92 Å². The summed E-state index contributed by atoms with van der Waals surface area (Å²) in [6, 6.07) is 2.49. The molecule has 0 atom stereocenters. The molecule has 1 N–H and O–H groups in total. The highest BCUT2D eigenvalue weighted by atomic mass is 35.5. The smallest absolute Gasteiger partial charge is 0.353 e. The third-order valence-electron chi connectivity index (χ3n) is 5.99. The molecular formula is C20H25ClF3N3O4S. The summed E-state index contributed by atoms with van der Waals surface area (Å²) in [6.07, 6.45) is -2.89. The summed E-state index contributed by atoms with van der Waals surface area (Å²) in [6.45, 7) is 2.74. The van der Waals surface area contributed by atoms with E-state index in [2.05, 4.69) is 5.32 Å². The van der Waals surface area contributed by atoms with Crippen molar-refractivity contribution >= 4 is 33.4 Å². The van der Waals surface area contributed by atoms with Gasteiger partial charge in [0.2, 0.25) is 21.8 Å². The van der Waals surface area contributed by atoms with E-state index in [0.717, 1.165) is 16.4 Å². The molecule has 0 radical (unpaired) electrons. The number of likely N-dealkylation sites (tertiary alicyclic amines) is 1. The van der Waals surface area contributed by atoms with Crippen LogP contribution in [0.25, 0.3) is 0 Å². The highest BCUT2D eigenvalue weighted by Crippen LogP contribution is 2.36. The molecule has 7 nitrogen and oxygen atoms in total. The van der Waals surface area contributed by atoms with Crippen LogP contribution in [0, 0.1) is 5.92 Å². The minimum Gasteiger partial charge on any atom is -0.353 e. The third kappa shape index (κ3) is 5.55. The van der Waals surface area contributed by atoms with E-state index in [9.17, 15) is 31.2 Å². The highest BCUT2D eigenvalue weighted by Gasteiger charge is 2.37. The molecule has 2 aliphatic heterocycles. The van der Waals surface area contributed by atoms with Gasteiger partial charge in [-0.25, -0.2) is 8.42 Å². The first-order chi connectivity index (χ1) is 14.9. The first kappa shape index (κ1) is 24.8. The Morgan fingerprint density at radius 1 is 1.06 bits per heavy atom. The fourth-order valence-corrected chi connectivity index (χ4v) is 5.77. The number of rotatable bonds is 4. The molecule has 0 spiro atoms. The van der Waals surface area contributed by atoms with Crippen molar-refractivity contribution in [1.29, 1.82) is 0 Å². The summed E-state index contributed by atoms with van der Waals surface area (Å²) in [4.78, 5) is 25.2. The van der Waals surface area contributed by atoms with Crippen LogP contribution in [0.1, 0.15) is 38.2 Å². The number of alkyl halides is 3. The summed E-state index contributed by atoms with van der Waals surface area (Å²) in [5, 5.41) is 2.41. The van der Waals surface area contributed by atoms with Gasteiger partial charge in [0.25, 0.3) is 0 Å². The first-order valence-corrected chi connectivity index (χ1v) is 12.1. The Morgan fingerprint density at radius 3 is 2.19 bits per heavy atom. The average Bonchev–Trinajstić information content (AvgIpc) is 2.73. The maximum atomic E-state index is 13.1. The van der Waals surface area contributed by atoms with Crippen LogP contribution in [0.5, 0.6) is 0 Å². The molecule has 0 aromatic heterocycles. The maximum Gasteiger partial charge on any atom is 0.417 e. The van der Waals surface area contributed by atoms with E-state index in [0.29, 0.717) is 32.0 Å². The zero-order valence-corrected chi connectivity index (χ0v) is 19.1. The number of hydrogen-bond acceptors (Lipinski definition) is 4. The Bertz CT molecular complexity index is 971. The van der Waals surface area contributed by atoms with Gasteiger partial charge >= 0.3 is 6.18 Å². The predicted octanol–water partition coefficient (Wildman–Crippen LogP) is 2.89. The van der Waals surface area contributed by atoms with Gasteiger partial charge in [-0.15, -0.1) is 0 Å². The van der Waals surface area contributed by atoms with Gasteiger partial charge in [0.05, 0.1) is 15.5 Å². The molecule has 0 unspecified atom stereocenters. The minimum absolute atomic E-state index is 0.00593. The van der Waals surface area contributed by atoms with E-state index >= 15 is 0 Å². The summed E-state index contributed by atoms with van der Waals surface area (Å²) in [5.74, 6) is -0.524. The largest absolute Gasteiger partial charge is 0.417 e. The lowest BCUT2D eigenvalue weighted by atomic mass is 9.96. The van der Waals surface area contributed by atoms with Gasteiger partial charge in [0.1, 0.15) is 0 Å². The van der Waals surface area contributed by atoms with E-state index in [4.69, 9.17) is 11.6 Å². The molecule has 0 saturated carbocycles. The molecule has 3 rings (SSSR count). The van der Waals surface area contributed by atoms with Crippen molar-refractivity contribution < 1.29 is 31.2 Å². The number of halogens is 4. The number of nitrogens with zero attached hydrogens (tertiary/aromatic N) is 2. The fourth-order valence-electron chi connectivity index (χ4n) is 4.05. The molecule has 2 amide bonds. The molecule has 2 fully saturated rings. The second-order valence-electron chi connectivity index (χ2n) is 8.11. The van der Waals surface area contributed by atoms with E-state index in [1.807, 2.05) is 0 Å². The molecule has 2 aliphatic rings. The Hall–Kier alpha value is -1.85. The number of nitrogens with one attached hydrogen (secondary N) is 1. The molecule has 1 aromatic rings. The zero-order chi connectivity index (χ0) is 23.7. The van der Waals surface area contributed by atoms with Crippen LogP contribution >= 0.6 is 11.6 Å². The van der Waals surface area contributed by atoms with E-state index in [1.54, 1.807) is 4.90 Å². The number of carbonyl (C=O) groups is 2. The lowest BCUT2D eigenvalue weighted by Gasteiger charge is -2.34. The molecule has 2 saturated heterocycles. The Kier molecular flexibility index (Phi) is 7.41. The molecule has 178 valence electrons. The lowest BCUT2D eigenvalue weighted by molar-refractivity contribution is -0.137. The normalized spacial score (nSPS) is 19.7. The summed E-state index contributed by atoms with van der Waals surface area (Å²) in [7, 11) is -4.15. The van der Waals surface area contributed by atoms with Crippen LogP contribution in [0.4, 0.5) is 13.2 Å². The van der Waals surface area contributed by atoms with Crippen molar-refractivity contribution in [3.63, 3.8) is 0 Å². The number of hydrogen-bond donors (Lipinski definition) is 1. The summed E-state index contributed by atoms with van der Waals surface area (Å²) < 4.78 is 66.1. The van der Waals surface area contributed by atoms with Crippen molar-refractivity contribution in [3.05, 3.63) is 28.8 Å². The number of piperidine rings is 2. The summed E-state index contributed by atoms with van der Waals surface area (Å²) in [5.41, 5.74) is -1.20. The standard InChI is InChI=1S/C20H25ClF3N3O4S/c1-13(28)26-8-6-15(7-9-26)25-19(29)14-4-10-27(11-5-14)32(30,31)16-2-3-18(21)17(12-16)20(22,23)24/h2-3,12,14-15H,4-11H2,1H3,(H,25,29). The van der Waals surface area contributed by atoms with Crippen LogP contribution in [0.15, 0.2) is 23.1 Å². The second kappa shape index (κ2) is 9.56. The molecule has 0 bridgehead atoms. The molecule has 1 aromatic carbocycles. The average molecular weight is 496 g/mol. The van der Waals surface area contributed by atoms with E-state index in [-0.39, 0.29) is 49.7 Å². The Balaban J connectivity index is 1.58. The van der Waals surface area contributed by atoms with Crippen molar-refractivity contribution in [3.8, 4) is 0 Å². The minimum atomic E-state index is -4.77. The van der Waals surface area contributed by atoms with Crippen LogP contribution in [-0.2, 0) is 25.8 Å². The summed E-state index contributed by atoms with van der Waals surface area (Å²) >= 11 is 5.58. The van der Waals surface area contributed by atoms with E-state index in [1.165, 1.54) is 6.92 Å². The topological polar surface area (TPSA) is 86.8 Å². The number of benzene rings is 1. The predicted molar refractivity (Wildman–Crippen MR) is 111 cm³/mol. The van der Waals surface area contributed by atoms with Gasteiger partial charge in [-0.2, -0.15) is 17.5 Å². The van der Waals surface area contributed by atoms with Gasteiger partial charge < -0.3 is 10.2 Å². The van der Waals surface area contributed by atoms with Crippen LogP contribution in [0.3, 0.4) is 0 Å². The van der Waals surface area contributed by atoms with Crippen LogP contribution in [0.2, 0.25) is 5.02 Å². The van der Waals surface area contributed by atoms with E-state index < -0.39 is 31.7 Å². The monoisotopic (exact) mass is 495 g/mol. The quantitative estimate of drug-likeness (QED) is 0.696. The number of carbonyl (C=O) groups excluding carboxylic acids is 2. The van der Waals surface area contributed by atoms with Gasteiger partial charge in [-0.3, -0.25) is 9.59 Å². The van der Waals surface area contributed by atoms with Gasteiger partial charge in [0, 0.05) is 45.1 Å². The number of amides is 2. The van der Waals surface area contributed by atoms with Crippen molar-refractivity contribution in [1.82, 2.24) is 14.5 Å². The van der Waals surface area contributed by atoms with Crippen LogP contribution in [-0.4, -0.2) is 61.7 Å². The second-order valence-corrected chi connectivity index (χ2v) is 10.5. The van der Waals surface area contributed by atoms with Crippen molar-refractivity contribution in [2.45, 2.75) is 49.7 Å². The zero-order valence-electron chi connectivity index (χ0n) is 17.5. The molecule has 0 aliphatic carbocycles. The molecular weight excluding hydrogens is 471 g/mol. The van der Waals surface area contributed by atoms with Crippen LogP contribution < -0.4 is 5.32 Å². The Labute approximate surface area is 189 Å². The molecule has 2 heterocycles. The third-order valence-corrected chi connectivity index (χ3v) is 8.22. The number of sulfonamides is 1. The molecule has 32 heavy (non-hydrogen) atoms. The van der Waals surface area contributed by atoms with Crippen molar-refractivity contribution in [2.75, 3.05) is 26.2 Å². The first-order valence-electron chi connectivity index (χ1n) is 10.3. The highest BCUT2D eigenvalue weighted by molar-refractivity contribution is 7.89. The van der Waals surface area contributed by atoms with Gasteiger partial charge in [0.15, 0.2) is 0 Å². The molecule has 12 heteroatoms. The van der Waals surface area contributed by atoms with Gasteiger partial charge in [-0.05, 0) is 43.9 Å². The SMILES string of the molecule is CC(=O)N1CCC(NC(=O)C2CCN(S(=O)(=O)c3ccc(Cl)c(C(F)(F)F)c3)CC2)CC1. The Morgan fingerprint density at radius 2 is 1.66 bits per heavy atom. The van der Waals surface area contributed by atoms with Gasteiger partial charge in [-0.1, -0.05) is 11.6 Å². The maximum absolute atomic E-state index is 13.1.